The van der Waals surface area contributed by atoms with Gasteiger partial charge in [0.1, 0.15) is 17.7 Å². The summed E-state index contributed by atoms with van der Waals surface area (Å²) in [7, 11) is 2.02. The number of piperazine rings is 1. The Labute approximate surface area is 285 Å². The Morgan fingerprint density at radius 1 is 0.896 bits per heavy atom. The van der Waals surface area contributed by atoms with Crippen molar-refractivity contribution in [2.75, 3.05) is 59.5 Å². The largest absolute Gasteiger partial charge is 0.395 e. The van der Waals surface area contributed by atoms with E-state index in [1.54, 1.807) is 18.7 Å². The fraction of sp³-hybridized carbons (Fsp3) is 0.757. The van der Waals surface area contributed by atoms with Gasteiger partial charge in [-0.3, -0.25) is 19.3 Å². The standard InChI is InChI=1S/C37H57F2N5O4/c1-24-8-11-26(12-9-24)44(35(48)37(5,6)23-45)27-19-32(34(47)41-16-14-40(7)15-17-41)43(20-27)33(46)30-22-42(36(2,3)4)21-29(30)28-13-10-25(38)18-31(28)39/h10,13,18,24,26-27,29-30,32,45H,8-9,11-12,14-17,19-23H2,1-7H3/t24?,26?,27-,29-,30-,32-/m0/s1. The van der Waals surface area contributed by atoms with Crippen molar-refractivity contribution >= 4 is 17.7 Å². The smallest absolute Gasteiger partial charge is 0.245 e. The Balaban J connectivity index is 1.52. The summed E-state index contributed by atoms with van der Waals surface area (Å²) >= 11 is 0. The fourth-order valence-corrected chi connectivity index (χ4v) is 8.23. The van der Waals surface area contributed by atoms with Gasteiger partial charge in [-0.1, -0.05) is 13.0 Å². The third kappa shape index (κ3) is 7.58. The van der Waals surface area contributed by atoms with Crippen molar-refractivity contribution in [3.8, 4) is 0 Å². The minimum Gasteiger partial charge on any atom is -0.395 e. The number of benzene rings is 1. The van der Waals surface area contributed by atoms with Gasteiger partial charge in [-0.05, 0) is 91.3 Å². The first-order valence-electron chi connectivity index (χ1n) is 17.9. The average Bonchev–Trinajstić information content (AvgIpc) is 3.68. The highest BCUT2D eigenvalue weighted by molar-refractivity contribution is 5.91. The number of halogens is 2. The summed E-state index contributed by atoms with van der Waals surface area (Å²) < 4.78 is 29.3. The zero-order chi connectivity index (χ0) is 35.1. The zero-order valence-electron chi connectivity index (χ0n) is 30.1. The Hall–Kier alpha value is -2.63. The number of amides is 3. The number of nitrogens with zero attached hydrogens (tertiary/aromatic N) is 5. The Morgan fingerprint density at radius 2 is 1.54 bits per heavy atom. The van der Waals surface area contributed by atoms with Gasteiger partial charge in [-0.15, -0.1) is 0 Å². The van der Waals surface area contributed by atoms with E-state index in [2.05, 4.69) is 37.5 Å². The van der Waals surface area contributed by atoms with Crippen LogP contribution in [0.3, 0.4) is 0 Å². The molecule has 11 heteroatoms. The highest BCUT2D eigenvalue weighted by atomic mass is 19.1. The molecule has 4 fully saturated rings. The van der Waals surface area contributed by atoms with Gasteiger partial charge in [-0.25, -0.2) is 8.78 Å². The number of carbonyl (C=O) groups excluding carboxylic acids is 3. The van der Waals surface area contributed by atoms with Crippen molar-refractivity contribution in [3.63, 3.8) is 0 Å². The molecule has 3 aliphatic heterocycles. The molecule has 1 saturated carbocycles. The maximum absolute atomic E-state index is 15.3. The molecule has 1 aromatic carbocycles. The first kappa shape index (κ1) is 36.6. The van der Waals surface area contributed by atoms with Crippen LogP contribution in [0.1, 0.15) is 85.1 Å². The summed E-state index contributed by atoms with van der Waals surface area (Å²) in [6.07, 6.45) is 3.98. The maximum atomic E-state index is 15.3. The number of hydrogen-bond acceptors (Lipinski definition) is 6. The Kier molecular flexibility index (Phi) is 10.9. The van der Waals surface area contributed by atoms with Gasteiger partial charge in [0, 0.05) is 69.4 Å². The zero-order valence-corrected chi connectivity index (χ0v) is 30.1. The Morgan fingerprint density at radius 3 is 2.12 bits per heavy atom. The number of aliphatic hydroxyl groups excluding tert-OH is 1. The number of aliphatic hydroxyl groups is 1. The van der Waals surface area contributed by atoms with Crippen molar-refractivity contribution in [2.24, 2.45) is 17.3 Å². The molecule has 0 spiro atoms. The topological polar surface area (TPSA) is 87.6 Å². The predicted molar refractivity (Wildman–Crippen MR) is 181 cm³/mol. The summed E-state index contributed by atoms with van der Waals surface area (Å²) in [5.41, 5.74) is -1.01. The lowest BCUT2D eigenvalue weighted by molar-refractivity contribution is -0.149. The molecule has 1 aliphatic carbocycles. The molecular weight excluding hydrogens is 616 g/mol. The van der Waals surface area contributed by atoms with Gasteiger partial charge in [0.15, 0.2) is 0 Å². The second kappa shape index (κ2) is 14.3. The quantitative estimate of drug-likeness (QED) is 0.472. The third-order valence-corrected chi connectivity index (χ3v) is 11.6. The first-order valence-corrected chi connectivity index (χ1v) is 17.9. The molecule has 1 N–H and O–H groups in total. The van der Waals surface area contributed by atoms with Crippen LogP contribution in [0.15, 0.2) is 18.2 Å². The molecule has 5 rings (SSSR count). The first-order chi connectivity index (χ1) is 22.5. The fourth-order valence-electron chi connectivity index (χ4n) is 8.23. The summed E-state index contributed by atoms with van der Waals surface area (Å²) in [6, 6.07) is 2.37. The second-order valence-corrected chi connectivity index (χ2v) is 16.6. The SMILES string of the molecule is CC1CCC(N(C(=O)C(C)(C)CO)[C@H]2C[C@@H](C(=O)N3CCN(C)CC3)N(C(=O)[C@H]3CN(C(C)(C)C)C[C@H]3c3ccc(F)cc3F)C2)CC1. The lowest BCUT2D eigenvalue weighted by Crippen LogP contribution is -2.55. The minimum atomic E-state index is -1.01. The van der Waals surface area contributed by atoms with E-state index < -0.39 is 41.0 Å². The maximum Gasteiger partial charge on any atom is 0.245 e. The molecule has 4 atom stereocenters. The van der Waals surface area contributed by atoms with Crippen LogP contribution in [-0.2, 0) is 14.4 Å². The molecule has 9 nitrogen and oxygen atoms in total. The van der Waals surface area contributed by atoms with E-state index in [1.807, 2.05) is 16.8 Å². The number of carbonyl (C=O) groups is 3. The van der Waals surface area contributed by atoms with E-state index in [4.69, 9.17) is 0 Å². The van der Waals surface area contributed by atoms with Crippen molar-refractivity contribution < 1.29 is 28.3 Å². The van der Waals surface area contributed by atoms with Gasteiger partial charge < -0.3 is 24.7 Å². The van der Waals surface area contributed by atoms with Gasteiger partial charge in [0.2, 0.25) is 17.7 Å². The predicted octanol–water partition coefficient (Wildman–Crippen LogP) is 3.95. The van der Waals surface area contributed by atoms with Crippen LogP contribution in [0.25, 0.3) is 0 Å². The highest BCUT2D eigenvalue weighted by Crippen LogP contribution is 2.41. The summed E-state index contributed by atoms with van der Waals surface area (Å²) in [6.45, 7) is 15.2. The van der Waals surface area contributed by atoms with Crippen LogP contribution in [-0.4, -0.2) is 130 Å². The molecule has 4 aliphatic rings. The molecule has 0 radical (unpaired) electrons. The summed E-state index contributed by atoms with van der Waals surface area (Å²) in [4.78, 5) is 53.3. The van der Waals surface area contributed by atoms with Crippen molar-refractivity contribution in [1.29, 1.82) is 0 Å². The number of likely N-dealkylation sites (tertiary alicyclic amines) is 2. The van der Waals surface area contributed by atoms with E-state index in [0.717, 1.165) is 44.8 Å². The monoisotopic (exact) mass is 673 g/mol. The van der Waals surface area contributed by atoms with E-state index >= 15 is 4.39 Å². The lowest BCUT2D eigenvalue weighted by atomic mass is 9.83. The summed E-state index contributed by atoms with van der Waals surface area (Å²) in [5, 5.41) is 10.2. The molecule has 1 aromatic rings. The molecule has 3 saturated heterocycles. The van der Waals surface area contributed by atoms with E-state index in [9.17, 15) is 23.9 Å². The van der Waals surface area contributed by atoms with Gasteiger partial charge in [-0.2, -0.15) is 0 Å². The molecule has 0 bridgehead atoms. The van der Waals surface area contributed by atoms with Crippen LogP contribution < -0.4 is 0 Å². The Bertz CT molecular complexity index is 1340. The van der Waals surface area contributed by atoms with Gasteiger partial charge in [0.25, 0.3) is 0 Å². The van der Waals surface area contributed by atoms with Crippen LogP contribution in [0, 0.1) is 28.9 Å². The van der Waals surface area contributed by atoms with Crippen LogP contribution in [0.4, 0.5) is 8.78 Å². The highest BCUT2D eigenvalue weighted by Gasteiger charge is 2.52. The molecule has 0 unspecified atom stereocenters. The number of hydrogen-bond donors (Lipinski definition) is 1. The van der Waals surface area contributed by atoms with Crippen molar-refractivity contribution in [1.82, 2.24) is 24.5 Å². The second-order valence-electron chi connectivity index (χ2n) is 16.6. The van der Waals surface area contributed by atoms with Crippen LogP contribution in [0.2, 0.25) is 0 Å². The molecule has 48 heavy (non-hydrogen) atoms. The summed E-state index contributed by atoms with van der Waals surface area (Å²) in [5.74, 6) is -2.45. The molecule has 268 valence electrons. The number of rotatable bonds is 7. The third-order valence-electron chi connectivity index (χ3n) is 11.6. The molecule has 0 aromatic heterocycles. The van der Waals surface area contributed by atoms with E-state index in [0.29, 0.717) is 44.1 Å². The molecule has 3 heterocycles. The van der Waals surface area contributed by atoms with Crippen molar-refractivity contribution in [3.05, 3.63) is 35.4 Å². The minimum absolute atomic E-state index is 0.0390. The van der Waals surface area contributed by atoms with E-state index in [1.165, 1.54) is 12.1 Å². The van der Waals surface area contributed by atoms with Gasteiger partial charge in [0.05, 0.1) is 24.0 Å². The van der Waals surface area contributed by atoms with Crippen LogP contribution >= 0.6 is 0 Å². The van der Waals surface area contributed by atoms with Crippen LogP contribution in [0.5, 0.6) is 0 Å². The lowest BCUT2D eigenvalue weighted by Gasteiger charge is -2.43. The normalized spacial score (nSPS) is 29.4. The molecular formula is C37H57F2N5O4. The number of likely N-dealkylation sites (N-methyl/N-ethyl adjacent to an activating group) is 1. The molecule has 3 amide bonds. The van der Waals surface area contributed by atoms with Gasteiger partial charge >= 0.3 is 0 Å². The average molecular weight is 674 g/mol. The van der Waals surface area contributed by atoms with E-state index in [-0.39, 0.29) is 42.5 Å². The van der Waals surface area contributed by atoms with Crippen molar-refractivity contribution in [2.45, 2.75) is 103 Å².